The molecule has 20 heavy (non-hydrogen) atoms. The largest absolute Gasteiger partial charge is 0.507 e. The van der Waals surface area contributed by atoms with Crippen LogP contribution in [0.3, 0.4) is 0 Å². The van der Waals surface area contributed by atoms with E-state index in [9.17, 15) is 10.2 Å². The fourth-order valence-corrected chi connectivity index (χ4v) is 4.27. The first-order valence-electron chi connectivity index (χ1n) is 7.75. The number of fused-ring (bicyclic) bond motifs is 5. The number of aromatic hydroxyl groups is 2. The lowest BCUT2D eigenvalue weighted by Crippen LogP contribution is -2.26. The Morgan fingerprint density at radius 1 is 0.700 bits per heavy atom. The van der Waals surface area contributed by atoms with Crippen LogP contribution in [0.4, 0.5) is 0 Å². The average molecular weight is 268 g/mol. The fraction of sp³-hybridized carbons (Fsp3) is 0.444. The Hall–Kier alpha value is -1.70. The van der Waals surface area contributed by atoms with E-state index < -0.39 is 0 Å². The first kappa shape index (κ1) is 12.1. The van der Waals surface area contributed by atoms with E-state index in [1.807, 2.05) is 24.3 Å². The molecular formula is C18H20O2. The van der Waals surface area contributed by atoms with Crippen molar-refractivity contribution in [2.75, 3.05) is 0 Å². The molecule has 0 bridgehead atoms. The first-order chi connectivity index (χ1) is 9.79. The van der Waals surface area contributed by atoms with Gasteiger partial charge < -0.3 is 10.2 Å². The average Bonchev–Trinajstić information content (AvgIpc) is 2.44. The van der Waals surface area contributed by atoms with Gasteiger partial charge in [0.15, 0.2) is 0 Å². The minimum Gasteiger partial charge on any atom is -0.507 e. The van der Waals surface area contributed by atoms with E-state index in [1.54, 1.807) is 0 Å². The first-order valence-corrected chi connectivity index (χ1v) is 7.75. The van der Waals surface area contributed by atoms with Crippen molar-refractivity contribution in [3.63, 3.8) is 0 Å². The SMILES string of the molecule is Oc1c2c(c(O)c3ccccc13)C1CCCCCCC21. The Morgan fingerprint density at radius 2 is 1.15 bits per heavy atom. The number of phenols is 2. The van der Waals surface area contributed by atoms with Crippen molar-refractivity contribution < 1.29 is 10.2 Å². The van der Waals surface area contributed by atoms with Crippen LogP contribution in [0, 0.1) is 0 Å². The topological polar surface area (TPSA) is 40.5 Å². The lowest BCUT2D eigenvalue weighted by molar-refractivity contribution is 0.332. The Labute approximate surface area is 119 Å². The Kier molecular flexibility index (Phi) is 2.66. The lowest BCUT2D eigenvalue weighted by atomic mass is 9.62. The van der Waals surface area contributed by atoms with E-state index >= 15 is 0 Å². The predicted molar refractivity (Wildman–Crippen MR) is 80.5 cm³/mol. The van der Waals surface area contributed by atoms with Crippen molar-refractivity contribution in [3.05, 3.63) is 35.4 Å². The van der Waals surface area contributed by atoms with Crippen molar-refractivity contribution in [3.8, 4) is 11.5 Å². The molecule has 2 aromatic carbocycles. The van der Waals surface area contributed by atoms with E-state index in [0.29, 0.717) is 23.3 Å². The smallest absolute Gasteiger partial charge is 0.127 e. The van der Waals surface area contributed by atoms with Crippen LogP contribution >= 0.6 is 0 Å². The van der Waals surface area contributed by atoms with Gasteiger partial charge in [-0.15, -0.1) is 0 Å². The summed E-state index contributed by atoms with van der Waals surface area (Å²) in [5.41, 5.74) is 2.07. The lowest BCUT2D eigenvalue weighted by Gasteiger charge is -2.42. The third-order valence-electron chi connectivity index (χ3n) is 5.25. The predicted octanol–water partition coefficient (Wildman–Crippen LogP) is 4.79. The van der Waals surface area contributed by atoms with Crippen LogP contribution in [-0.4, -0.2) is 10.2 Å². The molecule has 0 saturated heterocycles. The second kappa shape index (κ2) is 4.41. The second-order valence-corrected chi connectivity index (χ2v) is 6.27. The van der Waals surface area contributed by atoms with Crippen LogP contribution < -0.4 is 0 Å². The molecule has 0 aliphatic heterocycles. The molecule has 0 aromatic heterocycles. The van der Waals surface area contributed by atoms with Crippen molar-refractivity contribution in [2.45, 2.75) is 50.4 Å². The van der Waals surface area contributed by atoms with Gasteiger partial charge in [0.2, 0.25) is 0 Å². The van der Waals surface area contributed by atoms with Gasteiger partial charge in [-0.3, -0.25) is 0 Å². The van der Waals surface area contributed by atoms with Crippen LogP contribution in [0.5, 0.6) is 11.5 Å². The number of benzene rings is 2. The van der Waals surface area contributed by atoms with Gasteiger partial charge in [0.25, 0.3) is 0 Å². The van der Waals surface area contributed by atoms with Gasteiger partial charge in [0, 0.05) is 21.9 Å². The third-order valence-corrected chi connectivity index (χ3v) is 5.25. The van der Waals surface area contributed by atoms with E-state index in [4.69, 9.17) is 0 Å². The summed E-state index contributed by atoms with van der Waals surface area (Å²) >= 11 is 0. The van der Waals surface area contributed by atoms with Gasteiger partial charge in [0.05, 0.1) is 0 Å². The van der Waals surface area contributed by atoms with Gasteiger partial charge in [0.1, 0.15) is 11.5 Å². The molecule has 2 nitrogen and oxygen atoms in total. The van der Waals surface area contributed by atoms with E-state index in [1.165, 1.54) is 25.7 Å². The van der Waals surface area contributed by atoms with Crippen LogP contribution in [0.25, 0.3) is 10.8 Å². The molecule has 1 saturated carbocycles. The molecule has 2 aromatic rings. The summed E-state index contributed by atoms with van der Waals surface area (Å²) in [6, 6.07) is 7.65. The summed E-state index contributed by atoms with van der Waals surface area (Å²) in [5.74, 6) is 1.74. The van der Waals surface area contributed by atoms with E-state index in [0.717, 1.165) is 34.7 Å². The zero-order valence-corrected chi connectivity index (χ0v) is 11.6. The van der Waals surface area contributed by atoms with Crippen molar-refractivity contribution in [1.29, 1.82) is 0 Å². The highest BCUT2D eigenvalue weighted by Crippen LogP contribution is 2.61. The summed E-state index contributed by atoms with van der Waals surface area (Å²) < 4.78 is 0. The third kappa shape index (κ3) is 1.51. The molecule has 2 aliphatic rings. The quantitative estimate of drug-likeness (QED) is 0.675. The molecule has 2 N–H and O–H groups in total. The summed E-state index contributed by atoms with van der Waals surface area (Å²) in [5, 5.41) is 22.8. The van der Waals surface area contributed by atoms with E-state index in [-0.39, 0.29) is 0 Å². The monoisotopic (exact) mass is 268 g/mol. The molecule has 0 radical (unpaired) electrons. The van der Waals surface area contributed by atoms with Gasteiger partial charge in [-0.05, 0) is 24.7 Å². The molecule has 2 atom stereocenters. The maximum Gasteiger partial charge on any atom is 0.127 e. The van der Waals surface area contributed by atoms with Crippen LogP contribution in [0.15, 0.2) is 24.3 Å². The summed E-state index contributed by atoms with van der Waals surface area (Å²) in [4.78, 5) is 0. The van der Waals surface area contributed by atoms with Gasteiger partial charge in [-0.2, -0.15) is 0 Å². The van der Waals surface area contributed by atoms with E-state index in [2.05, 4.69) is 0 Å². The summed E-state index contributed by atoms with van der Waals surface area (Å²) in [6.07, 6.45) is 7.41. The normalized spacial score (nSPS) is 25.2. The Bertz CT molecular complexity index is 616. The molecular weight excluding hydrogens is 248 g/mol. The molecule has 4 rings (SSSR count). The maximum absolute atomic E-state index is 10.6. The molecule has 2 heteroatoms. The highest BCUT2D eigenvalue weighted by atomic mass is 16.3. The minimum atomic E-state index is 0.412. The number of hydrogen-bond donors (Lipinski definition) is 2. The van der Waals surface area contributed by atoms with Crippen molar-refractivity contribution in [1.82, 2.24) is 0 Å². The zero-order chi connectivity index (χ0) is 13.7. The molecule has 0 spiro atoms. The highest BCUT2D eigenvalue weighted by Gasteiger charge is 2.42. The Balaban J connectivity index is 1.93. The zero-order valence-electron chi connectivity index (χ0n) is 11.6. The van der Waals surface area contributed by atoms with Gasteiger partial charge >= 0.3 is 0 Å². The standard InChI is InChI=1S/C18H20O2/c19-17-13-9-5-6-10-14(13)18(20)16-12-8-4-2-1-3-7-11(12)15(16)17/h5-6,9-12,19-20H,1-4,7-8H2. The fourth-order valence-electron chi connectivity index (χ4n) is 4.27. The molecule has 0 amide bonds. The van der Waals surface area contributed by atoms with Crippen LogP contribution in [0.1, 0.15) is 61.5 Å². The molecule has 104 valence electrons. The number of rotatable bonds is 0. The van der Waals surface area contributed by atoms with Gasteiger partial charge in [-0.1, -0.05) is 49.9 Å². The minimum absolute atomic E-state index is 0.412. The van der Waals surface area contributed by atoms with Crippen molar-refractivity contribution >= 4 is 10.8 Å². The molecule has 2 aliphatic carbocycles. The molecule has 1 fully saturated rings. The molecule has 2 unspecified atom stereocenters. The number of phenolic OH excluding ortho intramolecular Hbond substituents is 2. The molecule has 0 heterocycles. The van der Waals surface area contributed by atoms with Crippen LogP contribution in [0.2, 0.25) is 0 Å². The maximum atomic E-state index is 10.6. The highest BCUT2D eigenvalue weighted by molar-refractivity contribution is 5.97. The number of hydrogen-bond acceptors (Lipinski definition) is 2. The summed E-state index contributed by atoms with van der Waals surface area (Å²) in [7, 11) is 0. The van der Waals surface area contributed by atoms with Gasteiger partial charge in [-0.25, -0.2) is 0 Å². The van der Waals surface area contributed by atoms with Crippen molar-refractivity contribution in [2.24, 2.45) is 0 Å². The van der Waals surface area contributed by atoms with Crippen LogP contribution in [-0.2, 0) is 0 Å². The second-order valence-electron chi connectivity index (χ2n) is 6.27. The Morgan fingerprint density at radius 3 is 1.60 bits per heavy atom. The summed E-state index contributed by atoms with van der Waals surface area (Å²) in [6.45, 7) is 0.